The van der Waals surface area contributed by atoms with Crippen LogP contribution in [-0.4, -0.2) is 83.2 Å². The number of hydrogen-bond donors (Lipinski definition) is 3. The quantitative estimate of drug-likeness (QED) is 0.358. The SMILES string of the molecule is CO[C@@H]1C[C@H](O[C@H]2CC[C@@]3(C)[C@H](CC[C@@H]4[C@H]3C(=O)[C@H](O)[C@]3(C)[C@@H](C5=CC(=O)OC5)CC[C@]43O)C2)O[C@H](C)[C@H]1O. The fraction of sp³-hybridized carbons (Fsp3) is 0.867. The molecule has 4 aliphatic carbocycles. The second-order valence-corrected chi connectivity index (χ2v) is 13.6. The molecule has 0 aromatic heterocycles. The van der Waals surface area contributed by atoms with Gasteiger partial charge in [0.25, 0.3) is 0 Å². The summed E-state index contributed by atoms with van der Waals surface area (Å²) in [4.78, 5) is 25.9. The predicted octanol–water partition coefficient (Wildman–Crippen LogP) is 2.29. The van der Waals surface area contributed by atoms with Crippen LogP contribution < -0.4 is 0 Å². The Morgan fingerprint density at radius 2 is 1.82 bits per heavy atom. The lowest BCUT2D eigenvalue weighted by atomic mass is 9.42. The van der Waals surface area contributed by atoms with E-state index in [0.29, 0.717) is 19.3 Å². The summed E-state index contributed by atoms with van der Waals surface area (Å²) in [5.41, 5.74) is -1.80. The molecule has 6 aliphatic rings. The number of fused-ring (bicyclic) bond motifs is 5. The van der Waals surface area contributed by atoms with E-state index in [-0.39, 0.29) is 53.9 Å². The van der Waals surface area contributed by atoms with Crippen molar-refractivity contribution in [3.05, 3.63) is 11.6 Å². The summed E-state index contributed by atoms with van der Waals surface area (Å²) in [7, 11) is 1.59. The lowest BCUT2D eigenvalue weighted by Gasteiger charge is -2.64. The Morgan fingerprint density at radius 3 is 2.51 bits per heavy atom. The summed E-state index contributed by atoms with van der Waals surface area (Å²) in [6.07, 6.45) is 3.83. The number of aliphatic hydroxyl groups is 3. The van der Waals surface area contributed by atoms with E-state index in [1.165, 1.54) is 6.08 Å². The molecule has 218 valence electrons. The van der Waals surface area contributed by atoms with E-state index >= 15 is 0 Å². The minimum absolute atomic E-state index is 0.0238. The summed E-state index contributed by atoms with van der Waals surface area (Å²) >= 11 is 0. The predicted molar refractivity (Wildman–Crippen MR) is 138 cm³/mol. The lowest BCUT2D eigenvalue weighted by molar-refractivity contribution is -0.274. The highest BCUT2D eigenvalue weighted by Gasteiger charge is 2.73. The minimum Gasteiger partial charge on any atom is -0.458 e. The van der Waals surface area contributed by atoms with Gasteiger partial charge in [-0.2, -0.15) is 0 Å². The first kappa shape index (κ1) is 27.8. The maximum absolute atomic E-state index is 14.1. The molecule has 3 N–H and O–H groups in total. The van der Waals surface area contributed by atoms with Crippen LogP contribution in [0.5, 0.6) is 0 Å². The van der Waals surface area contributed by atoms with Gasteiger partial charge in [-0.05, 0) is 80.6 Å². The molecule has 0 spiro atoms. The number of carbonyl (C=O) groups excluding carboxylic acids is 2. The third-order valence-electron chi connectivity index (χ3n) is 12.1. The second kappa shape index (κ2) is 9.60. The molecule has 6 rings (SSSR count). The number of carbonyl (C=O) groups is 2. The van der Waals surface area contributed by atoms with Crippen molar-refractivity contribution in [1.29, 1.82) is 0 Å². The Labute approximate surface area is 230 Å². The fourth-order valence-corrected chi connectivity index (χ4v) is 9.82. The largest absolute Gasteiger partial charge is 0.458 e. The molecule has 0 bridgehead atoms. The summed E-state index contributed by atoms with van der Waals surface area (Å²) in [6, 6.07) is 0. The molecular weight excluding hydrogens is 504 g/mol. The molecule has 5 fully saturated rings. The van der Waals surface area contributed by atoms with E-state index in [9.17, 15) is 24.9 Å². The average molecular weight is 549 g/mol. The molecule has 39 heavy (non-hydrogen) atoms. The van der Waals surface area contributed by atoms with Crippen molar-refractivity contribution in [2.45, 2.75) is 115 Å². The van der Waals surface area contributed by atoms with Crippen LogP contribution in [0.1, 0.15) is 72.1 Å². The molecule has 0 radical (unpaired) electrons. The van der Waals surface area contributed by atoms with Gasteiger partial charge in [0.1, 0.15) is 18.8 Å². The highest BCUT2D eigenvalue weighted by atomic mass is 16.7. The molecule has 2 heterocycles. The van der Waals surface area contributed by atoms with Gasteiger partial charge in [-0.15, -0.1) is 0 Å². The summed E-state index contributed by atoms with van der Waals surface area (Å²) in [5.74, 6) is -1.24. The highest BCUT2D eigenvalue weighted by Crippen LogP contribution is 2.69. The molecule has 0 aromatic rings. The number of Topliss-reactive ketones (excluding diaryl/α,β-unsaturated/α-hetero) is 1. The van der Waals surface area contributed by atoms with Crippen LogP contribution in [0.4, 0.5) is 0 Å². The van der Waals surface area contributed by atoms with E-state index in [1.54, 1.807) is 7.11 Å². The van der Waals surface area contributed by atoms with E-state index in [1.807, 2.05) is 13.8 Å². The lowest BCUT2D eigenvalue weighted by Crippen LogP contribution is -2.70. The van der Waals surface area contributed by atoms with E-state index in [2.05, 4.69) is 6.92 Å². The molecule has 1 saturated heterocycles. The van der Waals surface area contributed by atoms with Crippen LogP contribution in [0.25, 0.3) is 0 Å². The van der Waals surface area contributed by atoms with Crippen LogP contribution in [0, 0.1) is 34.5 Å². The van der Waals surface area contributed by atoms with E-state index in [4.69, 9.17) is 18.9 Å². The van der Waals surface area contributed by atoms with Crippen molar-refractivity contribution in [3.63, 3.8) is 0 Å². The first-order valence-corrected chi connectivity index (χ1v) is 14.8. The zero-order chi connectivity index (χ0) is 27.9. The van der Waals surface area contributed by atoms with Gasteiger partial charge in [0.05, 0.1) is 23.9 Å². The number of aliphatic hydroxyl groups excluding tert-OH is 2. The van der Waals surface area contributed by atoms with Gasteiger partial charge in [0.15, 0.2) is 12.1 Å². The normalized spacial score (nSPS) is 53.5. The number of cyclic esters (lactones) is 1. The molecule has 9 heteroatoms. The van der Waals surface area contributed by atoms with Crippen molar-refractivity contribution in [1.82, 2.24) is 0 Å². The van der Waals surface area contributed by atoms with Crippen molar-refractivity contribution in [2.24, 2.45) is 34.5 Å². The van der Waals surface area contributed by atoms with Crippen molar-refractivity contribution in [3.8, 4) is 0 Å². The van der Waals surface area contributed by atoms with E-state index in [0.717, 1.165) is 37.7 Å². The Bertz CT molecular complexity index is 1040. The number of rotatable bonds is 4. The average Bonchev–Trinajstić information content (AvgIpc) is 3.45. The molecule has 0 unspecified atom stereocenters. The van der Waals surface area contributed by atoms with Gasteiger partial charge < -0.3 is 34.3 Å². The van der Waals surface area contributed by atoms with Gasteiger partial charge in [-0.3, -0.25) is 4.79 Å². The van der Waals surface area contributed by atoms with E-state index < -0.39 is 41.4 Å². The third-order valence-corrected chi connectivity index (χ3v) is 12.1. The number of ether oxygens (including phenoxy) is 4. The van der Waals surface area contributed by atoms with Crippen LogP contribution in [0.15, 0.2) is 11.6 Å². The minimum atomic E-state index is -1.30. The van der Waals surface area contributed by atoms with Gasteiger partial charge in [0, 0.05) is 30.9 Å². The highest BCUT2D eigenvalue weighted by molar-refractivity contribution is 5.90. The van der Waals surface area contributed by atoms with Gasteiger partial charge in [0.2, 0.25) is 0 Å². The monoisotopic (exact) mass is 548 g/mol. The Hall–Kier alpha value is -1.36. The fourth-order valence-electron chi connectivity index (χ4n) is 9.82. The molecular formula is C30H44O9. The van der Waals surface area contributed by atoms with Gasteiger partial charge in [-0.25, -0.2) is 4.79 Å². The first-order valence-electron chi connectivity index (χ1n) is 14.8. The smallest absolute Gasteiger partial charge is 0.331 e. The molecule has 0 amide bonds. The second-order valence-electron chi connectivity index (χ2n) is 13.6. The number of methoxy groups -OCH3 is 1. The number of ketones is 1. The molecule has 4 saturated carbocycles. The Morgan fingerprint density at radius 1 is 1.05 bits per heavy atom. The van der Waals surface area contributed by atoms with Gasteiger partial charge in [-0.1, -0.05) is 13.8 Å². The standard InChI is InChI=1S/C30H44O9/c1-15-25(32)21(36-4)13-23(38-15)39-18-7-9-28(2)17(12-18)5-6-20-24(28)26(33)27(34)29(3)19(8-10-30(20,29)35)16-11-22(31)37-14-16/h11,15,17-21,23-25,27,32,34-35H,5-10,12-14H2,1-4H3/t15-,17-,18+,19-,20-,21-,23+,24+,25-,27+,28+,29+,30+/m1/s1. The topological polar surface area (TPSA) is 132 Å². The zero-order valence-corrected chi connectivity index (χ0v) is 23.5. The van der Waals surface area contributed by atoms with Crippen molar-refractivity contribution < 1.29 is 43.9 Å². The Kier molecular flexibility index (Phi) is 6.84. The molecule has 13 atom stereocenters. The third kappa shape index (κ3) is 3.94. The summed E-state index contributed by atoms with van der Waals surface area (Å²) in [6.45, 7) is 6.02. The summed E-state index contributed by atoms with van der Waals surface area (Å²) in [5, 5.41) is 34.3. The molecule has 2 aliphatic heterocycles. The van der Waals surface area contributed by atoms with Crippen molar-refractivity contribution >= 4 is 11.8 Å². The molecule has 0 aromatic carbocycles. The van der Waals surface area contributed by atoms with Crippen LogP contribution in [0.2, 0.25) is 0 Å². The maximum atomic E-state index is 14.1. The number of esters is 1. The zero-order valence-electron chi connectivity index (χ0n) is 23.5. The van der Waals surface area contributed by atoms with Crippen LogP contribution in [-0.2, 0) is 28.5 Å². The van der Waals surface area contributed by atoms with Crippen LogP contribution >= 0.6 is 0 Å². The summed E-state index contributed by atoms with van der Waals surface area (Å²) < 4.78 is 22.9. The van der Waals surface area contributed by atoms with Gasteiger partial charge >= 0.3 is 5.97 Å². The number of hydrogen-bond acceptors (Lipinski definition) is 9. The molecule has 9 nitrogen and oxygen atoms in total. The van der Waals surface area contributed by atoms with Crippen LogP contribution in [0.3, 0.4) is 0 Å². The Balaban J connectivity index is 1.21. The maximum Gasteiger partial charge on any atom is 0.331 e. The van der Waals surface area contributed by atoms with Crippen molar-refractivity contribution in [2.75, 3.05) is 13.7 Å². The first-order chi connectivity index (χ1) is 18.4.